The van der Waals surface area contributed by atoms with Crippen molar-refractivity contribution < 1.29 is 18.8 Å². The van der Waals surface area contributed by atoms with Gasteiger partial charge < -0.3 is 4.74 Å². The molecule has 5 nitrogen and oxygen atoms in total. The molecule has 0 amide bonds. The Bertz CT molecular complexity index is 733. The molecule has 0 unspecified atom stereocenters. The minimum atomic E-state index is -0.699. The average molecular weight is 354 g/mol. The fourth-order valence-corrected chi connectivity index (χ4v) is 2.05. The molecule has 0 atom stereocenters. The van der Waals surface area contributed by atoms with E-state index >= 15 is 0 Å². The summed E-state index contributed by atoms with van der Waals surface area (Å²) >= 11 is 2.88. The summed E-state index contributed by atoms with van der Waals surface area (Å²) in [5.74, 6) is -0.844. The van der Waals surface area contributed by atoms with Gasteiger partial charge in [0.15, 0.2) is 6.29 Å². The van der Waals surface area contributed by atoms with Gasteiger partial charge in [0.2, 0.25) is 5.75 Å². The smallest absolute Gasteiger partial charge is 0.312 e. The molecule has 0 radical (unpaired) electrons. The van der Waals surface area contributed by atoms with Gasteiger partial charge in [-0.25, -0.2) is 4.39 Å². The Balaban J connectivity index is 2.51. The van der Waals surface area contributed by atoms with Crippen LogP contribution in [0, 0.1) is 22.9 Å². The van der Waals surface area contributed by atoms with Crippen LogP contribution in [0.5, 0.6) is 11.5 Å². The van der Waals surface area contributed by atoms with E-state index in [4.69, 9.17) is 4.74 Å². The van der Waals surface area contributed by atoms with Crippen molar-refractivity contribution in [3.63, 3.8) is 0 Å². The number of carbonyl (C=O) groups is 1. The monoisotopic (exact) mass is 353 g/mol. The summed E-state index contributed by atoms with van der Waals surface area (Å²) in [4.78, 5) is 21.3. The highest BCUT2D eigenvalue weighted by molar-refractivity contribution is 9.10. The van der Waals surface area contributed by atoms with E-state index in [9.17, 15) is 19.3 Å². The van der Waals surface area contributed by atoms with Crippen LogP contribution in [0.15, 0.2) is 34.8 Å². The number of rotatable bonds is 4. The summed E-state index contributed by atoms with van der Waals surface area (Å²) < 4.78 is 18.9. The first kappa shape index (κ1) is 15.1. The third kappa shape index (κ3) is 3.25. The van der Waals surface area contributed by atoms with Gasteiger partial charge >= 0.3 is 5.69 Å². The van der Waals surface area contributed by atoms with Crippen molar-refractivity contribution in [2.45, 2.75) is 6.92 Å². The molecule has 108 valence electrons. The Hall–Kier alpha value is -2.28. The molecule has 2 rings (SSSR count). The number of ether oxygens (including phenoxy) is 1. The molecule has 0 saturated carbocycles. The lowest BCUT2D eigenvalue weighted by molar-refractivity contribution is -0.385. The molecule has 0 aliphatic carbocycles. The largest absolute Gasteiger partial charge is 0.449 e. The molecule has 0 aliphatic heterocycles. The molecule has 0 aromatic heterocycles. The maximum Gasteiger partial charge on any atom is 0.312 e. The van der Waals surface area contributed by atoms with Crippen LogP contribution in [0.25, 0.3) is 0 Å². The number of aryl methyl sites for hydroxylation is 1. The number of nitro benzene ring substituents is 1. The second kappa shape index (κ2) is 6.01. The van der Waals surface area contributed by atoms with Gasteiger partial charge in [-0.2, -0.15) is 0 Å². The first-order chi connectivity index (χ1) is 9.92. The zero-order valence-corrected chi connectivity index (χ0v) is 12.4. The summed E-state index contributed by atoms with van der Waals surface area (Å²) in [6.07, 6.45) is 0.573. The van der Waals surface area contributed by atoms with Crippen LogP contribution in [0.1, 0.15) is 15.9 Å². The van der Waals surface area contributed by atoms with Crippen LogP contribution < -0.4 is 4.74 Å². The third-order valence-electron chi connectivity index (χ3n) is 2.71. The number of nitro groups is 1. The summed E-state index contributed by atoms with van der Waals surface area (Å²) in [6.45, 7) is 1.79. The van der Waals surface area contributed by atoms with Gasteiger partial charge in [-0.1, -0.05) is 11.6 Å². The Morgan fingerprint density at radius 2 is 2.00 bits per heavy atom. The minimum Gasteiger partial charge on any atom is -0.449 e. The van der Waals surface area contributed by atoms with Crippen molar-refractivity contribution in [3.8, 4) is 11.5 Å². The van der Waals surface area contributed by atoms with E-state index in [0.717, 1.165) is 17.7 Å². The van der Waals surface area contributed by atoms with Gasteiger partial charge in [0.1, 0.15) is 11.6 Å². The van der Waals surface area contributed by atoms with Crippen LogP contribution in [0.2, 0.25) is 0 Å². The standard InChI is InChI=1S/C14H9BrFNO4/c1-8-2-3-13(9(4-8)7-18)21-14-6-11(16)10(15)5-12(14)17(19)20/h2-7H,1H3. The van der Waals surface area contributed by atoms with Crippen molar-refractivity contribution in [3.05, 3.63) is 61.9 Å². The molecule has 2 aromatic carbocycles. The molecule has 0 saturated heterocycles. The fourth-order valence-electron chi connectivity index (χ4n) is 1.71. The summed E-state index contributed by atoms with van der Waals surface area (Å²) in [5, 5.41) is 11.0. The molecule has 21 heavy (non-hydrogen) atoms. The van der Waals surface area contributed by atoms with Crippen LogP contribution in [0.3, 0.4) is 0 Å². The second-order valence-electron chi connectivity index (χ2n) is 4.25. The molecule has 0 fully saturated rings. The fraction of sp³-hybridized carbons (Fsp3) is 0.0714. The maximum atomic E-state index is 13.6. The third-order valence-corrected chi connectivity index (χ3v) is 3.32. The summed E-state index contributed by atoms with van der Waals surface area (Å²) in [5.41, 5.74) is 0.661. The van der Waals surface area contributed by atoms with Gasteiger partial charge in [-0.15, -0.1) is 0 Å². The molecule has 0 bridgehead atoms. The molecule has 0 N–H and O–H groups in total. The minimum absolute atomic E-state index is 0.0407. The Labute approximate surface area is 127 Å². The number of benzene rings is 2. The number of aldehydes is 1. The zero-order valence-electron chi connectivity index (χ0n) is 10.8. The van der Waals surface area contributed by atoms with Crippen molar-refractivity contribution in [2.75, 3.05) is 0 Å². The lowest BCUT2D eigenvalue weighted by Gasteiger charge is -2.09. The summed E-state index contributed by atoms with van der Waals surface area (Å²) in [7, 11) is 0. The first-order valence-electron chi connectivity index (χ1n) is 5.79. The maximum absolute atomic E-state index is 13.6. The van der Waals surface area contributed by atoms with E-state index in [0.29, 0.717) is 6.29 Å². The van der Waals surface area contributed by atoms with Crippen molar-refractivity contribution in [1.29, 1.82) is 0 Å². The van der Waals surface area contributed by atoms with Crippen molar-refractivity contribution in [1.82, 2.24) is 0 Å². The quantitative estimate of drug-likeness (QED) is 0.463. The van der Waals surface area contributed by atoms with Gasteiger partial charge in [0.25, 0.3) is 0 Å². The highest BCUT2D eigenvalue weighted by Crippen LogP contribution is 2.36. The SMILES string of the molecule is Cc1ccc(Oc2cc(F)c(Br)cc2[N+](=O)[O-])c(C=O)c1. The number of nitrogens with zero attached hydrogens (tertiary/aromatic N) is 1. The van der Waals surface area contributed by atoms with E-state index in [1.165, 1.54) is 6.07 Å². The lowest BCUT2D eigenvalue weighted by Crippen LogP contribution is -1.97. The van der Waals surface area contributed by atoms with Gasteiger partial charge in [-0.3, -0.25) is 14.9 Å². The molecule has 7 heteroatoms. The van der Waals surface area contributed by atoms with Crippen LogP contribution in [-0.2, 0) is 0 Å². The van der Waals surface area contributed by atoms with E-state index in [1.807, 2.05) is 0 Å². The number of halogens is 2. The van der Waals surface area contributed by atoms with Gasteiger partial charge in [0.05, 0.1) is 15.0 Å². The van der Waals surface area contributed by atoms with Crippen LogP contribution in [-0.4, -0.2) is 11.2 Å². The second-order valence-corrected chi connectivity index (χ2v) is 5.11. The predicted octanol–water partition coefficient (Wildman–Crippen LogP) is 4.41. The average Bonchev–Trinajstić information content (AvgIpc) is 2.44. The van der Waals surface area contributed by atoms with Gasteiger partial charge in [-0.05, 0) is 35.0 Å². The lowest BCUT2D eigenvalue weighted by atomic mass is 10.1. The van der Waals surface area contributed by atoms with Crippen molar-refractivity contribution >= 4 is 27.9 Å². The predicted molar refractivity (Wildman–Crippen MR) is 77.4 cm³/mol. The Morgan fingerprint density at radius 1 is 1.29 bits per heavy atom. The van der Waals surface area contributed by atoms with E-state index in [-0.39, 0.29) is 21.5 Å². The number of carbonyl (C=O) groups excluding carboxylic acids is 1. The van der Waals surface area contributed by atoms with Crippen LogP contribution >= 0.6 is 15.9 Å². The van der Waals surface area contributed by atoms with E-state index < -0.39 is 16.4 Å². The van der Waals surface area contributed by atoms with E-state index in [2.05, 4.69) is 15.9 Å². The Morgan fingerprint density at radius 3 is 2.62 bits per heavy atom. The molecular formula is C14H9BrFNO4. The first-order valence-corrected chi connectivity index (χ1v) is 6.59. The highest BCUT2D eigenvalue weighted by Gasteiger charge is 2.20. The molecular weight excluding hydrogens is 345 g/mol. The normalized spacial score (nSPS) is 10.2. The van der Waals surface area contributed by atoms with Crippen molar-refractivity contribution in [2.24, 2.45) is 0 Å². The molecule has 0 heterocycles. The zero-order chi connectivity index (χ0) is 15.6. The molecule has 0 spiro atoms. The van der Waals surface area contributed by atoms with E-state index in [1.54, 1.807) is 19.1 Å². The Kier molecular flexibility index (Phi) is 4.32. The highest BCUT2D eigenvalue weighted by atomic mass is 79.9. The number of hydrogen-bond acceptors (Lipinski definition) is 4. The van der Waals surface area contributed by atoms with Crippen LogP contribution in [0.4, 0.5) is 10.1 Å². The van der Waals surface area contributed by atoms with Gasteiger partial charge in [0, 0.05) is 12.1 Å². The number of hydrogen-bond donors (Lipinski definition) is 0. The topological polar surface area (TPSA) is 69.4 Å². The molecule has 0 aliphatic rings. The molecule has 2 aromatic rings. The summed E-state index contributed by atoms with van der Waals surface area (Å²) in [6, 6.07) is 6.67.